The van der Waals surface area contributed by atoms with E-state index in [0.29, 0.717) is 21.9 Å². The first-order valence-corrected chi connectivity index (χ1v) is 8.99. The van der Waals surface area contributed by atoms with Crippen LogP contribution in [0, 0.1) is 11.3 Å². The SMILES string of the molecule is N#CCOc1ccc2c(C(=O)OCc3ccc(Cl)cc3)c3ccccc3n2c1. The third-order valence-corrected chi connectivity index (χ3v) is 4.65. The Labute approximate surface area is 166 Å². The van der Waals surface area contributed by atoms with E-state index < -0.39 is 5.97 Å². The summed E-state index contributed by atoms with van der Waals surface area (Å²) in [5.41, 5.74) is 2.93. The van der Waals surface area contributed by atoms with Crippen molar-refractivity contribution < 1.29 is 14.3 Å². The second-order valence-corrected chi connectivity index (χ2v) is 6.60. The minimum Gasteiger partial charge on any atom is -0.477 e. The van der Waals surface area contributed by atoms with Gasteiger partial charge < -0.3 is 13.9 Å². The van der Waals surface area contributed by atoms with Crippen molar-refractivity contribution in [3.05, 3.63) is 83.0 Å². The molecule has 138 valence electrons. The molecule has 0 aliphatic rings. The maximum absolute atomic E-state index is 12.9. The van der Waals surface area contributed by atoms with Crippen LogP contribution in [0.5, 0.6) is 5.75 Å². The average molecular weight is 391 g/mol. The molecule has 0 spiro atoms. The highest BCUT2D eigenvalue weighted by atomic mass is 35.5. The zero-order valence-corrected chi connectivity index (χ0v) is 15.5. The first-order chi connectivity index (χ1) is 13.7. The molecule has 2 aromatic heterocycles. The van der Waals surface area contributed by atoms with E-state index in [1.54, 1.807) is 30.5 Å². The largest absolute Gasteiger partial charge is 0.477 e. The molecule has 0 aliphatic carbocycles. The number of esters is 1. The third-order valence-electron chi connectivity index (χ3n) is 4.40. The average Bonchev–Trinajstić information content (AvgIpc) is 3.05. The van der Waals surface area contributed by atoms with Gasteiger partial charge in [-0.1, -0.05) is 41.9 Å². The van der Waals surface area contributed by atoms with Gasteiger partial charge in [-0.2, -0.15) is 5.26 Å². The number of rotatable bonds is 5. The van der Waals surface area contributed by atoms with E-state index in [2.05, 4.69) is 0 Å². The Balaban J connectivity index is 1.71. The summed E-state index contributed by atoms with van der Waals surface area (Å²) in [7, 11) is 0. The van der Waals surface area contributed by atoms with Gasteiger partial charge >= 0.3 is 5.97 Å². The number of carbonyl (C=O) groups is 1. The van der Waals surface area contributed by atoms with Gasteiger partial charge in [0.2, 0.25) is 0 Å². The summed E-state index contributed by atoms with van der Waals surface area (Å²) in [6.07, 6.45) is 1.77. The number of hydrogen-bond acceptors (Lipinski definition) is 4. The van der Waals surface area contributed by atoms with Crippen molar-refractivity contribution in [3.63, 3.8) is 0 Å². The molecule has 5 nitrogen and oxygen atoms in total. The van der Waals surface area contributed by atoms with E-state index in [0.717, 1.165) is 16.5 Å². The summed E-state index contributed by atoms with van der Waals surface area (Å²) in [6, 6.07) is 20.2. The fourth-order valence-electron chi connectivity index (χ4n) is 3.13. The van der Waals surface area contributed by atoms with E-state index in [-0.39, 0.29) is 13.2 Å². The maximum Gasteiger partial charge on any atom is 0.341 e. The number of nitrogens with zero attached hydrogens (tertiary/aromatic N) is 2. The quantitative estimate of drug-likeness (QED) is 0.449. The highest BCUT2D eigenvalue weighted by Gasteiger charge is 2.19. The molecule has 0 unspecified atom stereocenters. The lowest BCUT2D eigenvalue weighted by Crippen LogP contribution is -2.05. The summed E-state index contributed by atoms with van der Waals surface area (Å²) in [5, 5.41) is 10.1. The van der Waals surface area contributed by atoms with Crippen LogP contribution in [0.25, 0.3) is 16.4 Å². The smallest absolute Gasteiger partial charge is 0.341 e. The van der Waals surface area contributed by atoms with Crippen molar-refractivity contribution in [3.8, 4) is 11.8 Å². The molecule has 2 heterocycles. The fourth-order valence-corrected chi connectivity index (χ4v) is 3.26. The van der Waals surface area contributed by atoms with Gasteiger partial charge in [-0.15, -0.1) is 0 Å². The van der Waals surface area contributed by atoms with E-state index in [1.165, 1.54) is 0 Å². The number of fused-ring (bicyclic) bond motifs is 3. The molecule has 4 aromatic rings. The number of halogens is 1. The molecule has 0 N–H and O–H groups in total. The van der Waals surface area contributed by atoms with Crippen molar-refractivity contribution in [2.75, 3.05) is 6.61 Å². The number of nitriles is 1. The molecule has 0 atom stereocenters. The van der Waals surface area contributed by atoms with E-state index >= 15 is 0 Å². The lowest BCUT2D eigenvalue weighted by Gasteiger charge is -2.06. The van der Waals surface area contributed by atoms with Crippen LogP contribution in [-0.4, -0.2) is 17.0 Å². The number of benzene rings is 2. The van der Waals surface area contributed by atoms with Gasteiger partial charge in [0.15, 0.2) is 6.61 Å². The topological polar surface area (TPSA) is 63.7 Å². The molecule has 6 heteroatoms. The second kappa shape index (κ2) is 7.63. The summed E-state index contributed by atoms with van der Waals surface area (Å²) in [6.45, 7) is 0.117. The Hall–Kier alpha value is -3.49. The van der Waals surface area contributed by atoms with Crippen molar-refractivity contribution in [2.24, 2.45) is 0 Å². The maximum atomic E-state index is 12.9. The van der Waals surface area contributed by atoms with Gasteiger partial charge in [-0.25, -0.2) is 4.79 Å². The van der Waals surface area contributed by atoms with Crippen LogP contribution in [0.2, 0.25) is 5.02 Å². The Morgan fingerprint density at radius 2 is 1.82 bits per heavy atom. The minimum absolute atomic E-state index is 0.0410. The Bertz CT molecular complexity index is 1210. The fraction of sp³-hybridized carbons (Fsp3) is 0.0909. The first-order valence-electron chi connectivity index (χ1n) is 8.61. The zero-order chi connectivity index (χ0) is 19.5. The number of hydrogen-bond donors (Lipinski definition) is 0. The van der Waals surface area contributed by atoms with Crippen molar-refractivity contribution in [2.45, 2.75) is 6.61 Å². The van der Waals surface area contributed by atoms with Crippen molar-refractivity contribution >= 4 is 34.0 Å². The molecule has 0 saturated carbocycles. The second-order valence-electron chi connectivity index (χ2n) is 6.16. The van der Waals surface area contributed by atoms with Gasteiger partial charge in [-0.3, -0.25) is 0 Å². The predicted molar refractivity (Wildman–Crippen MR) is 107 cm³/mol. The molecular weight excluding hydrogens is 376 g/mol. The lowest BCUT2D eigenvalue weighted by molar-refractivity contribution is 0.0477. The first kappa shape index (κ1) is 17.9. The monoisotopic (exact) mass is 390 g/mol. The van der Waals surface area contributed by atoms with Crippen molar-refractivity contribution in [1.29, 1.82) is 5.26 Å². The highest BCUT2D eigenvalue weighted by molar-refractivity contribution is 6.30. The number of aromatic nitrogens is 1. The lowest BCUT2D eigenvalue weighted by atomic mass is 10.1. The molecule has 0 amide bonds. The Kier molecular flexibility index (Phi) is 4.88. The van der Waals surface area contributed by atoms with Crippen LogP contribution >= 0.6 is 11.6 Å². The molecular formula is C22H15ClN2O3. The molecule has 0 saturated heterocycles. The molecule has 0 radical (unpaired) electrons. The van der Waals surface area contributed by atoms with Gasteiger partial charge in [0.25, 0.3) is 0 Å². The van der Waals surface area contributed by atoms with E-state index in [4.69, 9.17) is 26.3 Å². The normalized spacial score (nSPS) is 10.7. The van der Waals surface area contributed by atoms with E-state index in [1.807, 2.05) is 46.9 Å². The summed E-state index contributed by atoms with van der Waals surface area (Å²) >= 11 is 5.89. The Morgan fingerprint density at radius 3 is 2.61 bits per heavy atom. The van der Waals surface area contributed by atoms with Crippen molar-refractivity contribution in [1.82, 2.24) is 4.40 Å². The standard InChI is InChI=1S/C22H15ClN2O3/c23-16-7-5-15(6-8-16)14-28-22(26)21-18-3-1-2-4-19(18)25-13-17(27-12-11-24)9-10-20(21)25/h1-10,13H,12,14H2. The molecule has 4 rings (SSSR count). The van der Waals surface area contributed by atoms with Crippen LogP contribution in [0.3, 0.4) is 0 Å². The van der Waals surface area contributed by atoms with E-state index in [9.17, 15) is 4.79 Å². The highest BCUT2D eigenvalue weighted by Crippen LogP contribution is 2.29. The zero-order valence-electron chi connectivity index (χ0n) is 14.8. The van der Waals surface area contributed by atoms with Gasteiger partial charge in [-0.05, 0) is 35.9 Å². The van der Waals surface area contributed by atoms with Gasteiger partial charge in [0.05, 0.1) is 22.8 Å². The summed E-state index contributed by atoms with van der Waals surface area (Å²) in [5.74, 6) is 0.148. The van der Waals surface area contributed by atoms with Crippen LogP contribution in [-0.2, 0) is 11.3 Å². The van der Waals surface area contributed by atoms with Crippen LogP contribution in [0.4, 0.5) is 0 Å². The summed E-state index contributed by atoms with van der Waals surface area (Å²) in [4.78, 5) is 12.9. The minimum atomic E-state index is -0.403. The third kappa shape index (κ3) is 3.38. The molecule has 0 aliphatic heterocycles. The van der Waals surface area contributed by atoms with Gasteiger partial charge in [0, 0.05) is 10.4 Å². The molecule has 28 heavy (non-hydrogen) atoms. The number of ether oxygens (including phenoxy) is 2. The van der Waals surface area contributed by atoms with Crippen LogP contribution in [0.1, 0.15) is 15.9 Å². The molecule has 0 bridgehead atoms. The number of para-hydroxylation sites is 1. The van der Waals surface area contributed by atoms with Crippen LogP contribution < -0.4 is 4.74 Å². The number of pyridine rings is 1. The van der Waals surface area contributed by atoms with Gasteiger partial charge in [0.1, 0.15) is 18.4 Å². The molecule has 0 fully saturated rings. The number of carbonyl (C=O) groups excluding carboxylic acids is 1. The van der Waals surface area contributed by atoms with Crippen LogP contribution in [0.15, 0.2) is 66.9 Å². The summed E-state index contributed by atoms with van der Waals surface area (Å²) < 4.78 is 12.8. The Morgan fingerprint density at radius 1 is 1.04 bits per heavy atom. The molecule has 2 aromatic carbocycles. The predicted octanol–water partition coefficient (Wildman–Crippen LogP) is 5.01.